The summed E-state index contributed by atoms with van der Waals surface area (Å²) in [6.45, 7) is 2.21. The van der Waals surface area contributed by atoms with Crippen LogP contribution in [0.5, 0.6) is 11.5 Å². The summed E-state index contributed by atoms with van der Waals surface area (Å²) in [5, 5.41) is 12.6. The fraction of sp³-hybridized carbons (Fsp3) is 0.333. The number of hydrogen-bond acceptors (Lipinski definition) is 3. The molecule has 0 spiro atoms. The van der Waals surface area contributed by atoms with Gasteiger partial charge in [-0.1, -0.05) is 12.1 Å². The van der Waals surface area contributed by atoms with Crippen molar-refractivity contribution in [3.8, 4) is 11.5 Å². The molecule has 0 saturated heterocycles. The molecule has 13 heavy (non-hydrogen) atoms. The zero-order valence-electron chi connectivity index (χ0n) is 7.12. The first-order chi connectivity index (χ1) is 5.88. The molecular formula is C9H12ClNO2. The number of fused-ring (bicyclic) bond motifs is 1. The molecule has 3 nitrogen and oxygen atoms in total. The average molecular weight is 202 g/mol. The maximum Gasteiger partial charge on any atom is 0.165 e. The molecule has 0 aromatic heterocycles. The van der Waals surface area contributed by atoms with E-state index in [0.717, 1.165) is 18.7 Å². The lowest BCUT2D eigenvalue weighted by Gasteiger charge is -2.07. The number of phenols is 1. The van der Waals surface area contributed by atoms with E-state index in [1.807, 2.05) is 12.1 Å². The molecule has 2 rings (SSSR count). The fourth-order valence-electron chi connectivity index (χ4n) is 1.33. The van der Waals surface area contributed by atoms with Crippen molar-refractivity contribution in [2.45, 2.75) is 6.54 Å². The fourth-order valence-corrected chi connectivity index (χ4v) is 1.33. The first kappa shape index (κ1) is 10.2. The van der Waals surface area contributed by atoms with E-state index in [1.54, 1.807) is 6.07 Å². The van der Waals surface area contributed by atoms with E-state index < -0.39 is 0 Å². The molecule has 0 atom stereocenters. The van der Waals surface area contributed by atoms with Crippen molar-refractivity contribution in [2.75, 3.05) is 13.2 Å². The zero-order valence-corrected chi connectivity index (χ0v) is 7.93. The molecule has 0 aliphatic carbocycles. The summed E-state index contributed by atoms with van der Waals surface area (Å²) in [4.78, 5) is 0. The van der Waals surface area contributed by atoms with Crippen molar-refractivity contribution in [2.24, 2.45) is 0 Å². The summed E-state index contributed by atoms with van der Waals surface area (Å²) in [5.41, 5.74) is 1.02. The van der Waals surface area contributed by atoms with Crippen LogP contribution in [0.4, 0.5) is 0 Å². The molecular weight excluding hydrogens is 190 g/mol. The molecule has 1 aromatic rings. The van der Waals surface area contributed by atoms with Gasteiger partial charge in [0.25, 0.3) is 0 Å². The van der Waals surface area contributed by atoms with Gasteiger partial charge in [0.2, 0.25) is 0 Å². The normalized spacial score (nSPS) is 14.8. The van der Waals surface area contributed by atoms with Crippen LogP contribution in [0.25, 0.3) is 0 Å². The van der Waals surface area contributed by atoms with Gasteiger partial charge in [0, 0.05) is 18.7 Å². The Kier molecular flexibility index (Phi) is 3.39. The van der Waals surface area contributed by atoms with E-state index in [9.17, 15) is 5.11 Å². The summed E-state index contributed by atoms with van der Waals surface area (Å²) in [6.07, 6.45) is 0. The van der Waals surface area contributed by atoms with Crippen LogP contribution in [0.15, 0.2) is 18.2 Å². The van der Waals surface area contributed by atoms with Gasteiger partial charge >= 0.3 is 0 Å². The molecule has 0 radical (unpaired) electrons. The third-order valence-corrected chi connectivity index (χ3v) is 1.92. The number of benzene rings is 1. The average Bonchev–Trinajstić information content (AvgIpc) is 2.30. The Morgan fingerprint density at radius 1 is 1.38 bits per heavy atom. The minimum Gasteiger partial charge on any atom is -0.504 e. The predicted molar refractivity (Wildman–Crippen MR) is 52.6 cm³/mol. The Labute approximate surface area is 83.1 Å². The third kappa shape index (κ3) is 2.05. The van der Waals surface area contributed by atoms with Gasteiger partial charge in [0.05, 0.1) is 0 Å². The second kappa shape index (κ2) is 4.35. The lowest BCUT2D eigenvalue weighted by molar-refractivity contribution is 0.307. The largest absolute Gasteiger partial charge is 0.504 e. The Balaban J connectivity index is 0.000000845. The number of para-hydroxylation sites is 1. The van der Waals surface area contributed by atoms with Gasteiger partial charge in [-0.15, -0.1) is 12.4 Å². The van der Waals surface area contributed by atoms with E-state index in [1.165, 1.54) is 0 Å². The highest BCUT2D eigenvalue weighted by molar-refractivity contribution is 5.85. The Hall–Kier alpha value is -0.930. The SMILES string of the molecule is Cl.Oc1cccc2c1OCCNC2. The zero-order chi connectivity index (χ0) is 8.39. The van der Waals surface area contributed by atoms with Crippen LogP contribution < -0.4 is 10.1 Å². The van der Waals surface area contributed by atoms with Crippen molar-refractivity contribution in [3.63, 3.8) is 0 Å². The van der Waals surface area contributed by atoms with Gasteiger partial charge in [-0.3, -0.25) is 0 Å². The van der Waals surface area contributed by atoms with Crippen LogP contribution in [0.2, 0.25) is 0 Å². The summed E-state index contributed by atoms with van der Waals surface area (Å²) in [5.74, 6) is 0.860. The van der Waals surface area contributed by atoms with E-state index in [0.29, 0.717) is 12.4 Å². The standard InChI is InChI=1S/C9H11NO2.ClH/c11-8-3-1-2-7-6-10-4-5-12-9(7)8;/h1-3,10-11H,4-6H2;1H. The highest BCUT2D eigenvalue weighted by Gasteiger charge is 2.11. The molecule has 1 aromatic carbocycles. The van der Waals surface area contributed by atoms with E-state index in [-0.39, 0.29) is 18.2 Å². The minimum atomic E-state index is 0. The topological polar surface area (TPSA) is 41.5 Å². The van der Waals surface area contributed by atoms with Crippen molar-refractivity contribution in [3.05, 3.63) is 23.8 Å². The second-order valence-corrected chi connectivity index (χ2v) is 2.79. The Morgan fingerprint density at radius 3 is 3.08 bits per heavy atom. The number of hydrogen-bond donors (Lipinski definition) is 2. The second-order valence-electron chi connectivity index (χ2n) is 2.79. The molecule has 72 valence electrons. The van der Waals surface area contributed by atoms with Crippen molar-refractivity contribution in [1.82, 2.24) is 5.32 Å². The van der Waals surface area contributed by atoms with Crippen molar-refractivity contribution < 1.29 is 9.84 Å². The first-order valence-electron chi connectivity index (χ1n) is 4.02. The Morgan fingerprint density at radius 2 is 2.23 bits per heavy atom. The number of phenolic OH excluding ortho intramolecular Hbond substituents is 1. The Bertz CT molecular complexity index is 291. The predicted octanol–water partition coefficient (Wildman–Crippen LogP) is 1.30. The third-order valence-electron chi connectivity index (χ3n) is 1.92. The lowest BCUT2D eigenvalue weighted by atomic mass is 10.2. The summed E-state index contributed by atoms with van der Waals surface area (Å²) in [6, 6.07) is 5.42. The number of rotatable bonds is 0. The molecule has 1 aliphatic rings. The van der Waals surface area contributed by atoms with Crippen LogP contribution in [0.3, 0.4) is 0 Å². The first-order valence-corrected chi connectivity index (χ1v) is 4.02. The molecule has 0 bridgehead atoms. The number of halogens is 1. The van der Waals surface area contributed by atoms with Gasteiger partial charge in [-0.05, 0) is 6.07 Å². The monoisotopic (exact) mass is 201 g/mol. The van der Waals surface area contributed by atoms with Crippen LogP contribution in [0, 0.1) is 0 Å². The molecule has 0 saturated carbocycles. The smallest absolute Gasteiger partial charge is 0.165 e. The summed E-state index contributed by atoms with van der Waals surface area (Å²) in [7, 11) is 0. The minimum absolute atomic E-state index is 0. The molecule has 0 unspecified atom stereocenters. The molecule has 0 fully saturated rings. The van der Waals surface area contributed by atoms with E-state index in [2.05, 4.69) is 5.32 Å². The highest BCUT2D eigenvalue weighted by Crippen LogP contribution is 2.30. The molecule has 1 aliphatic heterocycles. The summed E-state index contributed by atoms with van der Waals surface area (Å²) < 4.78 is 5.37. The molecule has 2 N–H and O–H groups in total. The van der Waals surface area contributed by atoms with Crippen LogP contribution in [-0.4, -0.2) is 18.3 Å². The number of aromatic hydroxyl groups is 1. The van der Waals surface area contributed by atoms with E-state index in [4.69, 9.17) is 4.74 Å². The van der Waals surface area contributed by atoms with E-state index >= 15 is 0 Å². The van der Waals surface area contributed by atoms with Gasteiger partial charge in [0.15, 0.2) is 11.5 Å². The van der Waals surface area contributed by atoms with Crippen molar-refractivity contribution >= 4 is 12.4 Å². The van der Waals surface area contributed by atoms with Crippen LogP contribution in [-0.2, 0) is 6.54 Å². The maximum atomic E-state index is 9.43. The summed E-state index contributed by atoms with van der Waals surface area (Å²) >= 11 is 0. The number of nitrogens with one attached hydrogen (secondary N) is 1. The number of ether oxygens (including phenoxy) is 1. The van der Waals surface area contributed by atoms with Gasteiger partial charge in [-0.25, -0.2) is 0 Å². The van der Waals surface area contributed by atoms with Gasteiger partial charge in [0.1, 0.15) is 6.61 Å². The maximum absolute atomic E-state index is 9.43. The van der Waals surface area contributed by atoms with Gasteiger partial charge < -0.3 is 15.2 Å². The van der Waals surface area contributed by atoms with Crippen LogP contribution in [0.1, 0.15) is 5.56 Å². The van der Waals surface area contributed by atoms with Crippen LogP contribution >= 0.6 is 12.4 Å². The lowest BCUT2D eigenvalue weighted by Crippen LogP contribution is -2.16. The molecule has 4 heteroatoms. The van der Waals surface area contributed by atoms with Gasteiger partial charge in [-0.2, -0.15) is 0 Å². The highest BCUT2D eigenvalue weighted by atomic mass is 35.5. The van der Waals surface area contributed by atoms with Crippen molar-refractivity contribution in [1.29, 1.82) is 0 Å². The quantitative estimate of drug-likeness (QED) is 0.665. The molecule has 1 heterocycles. The molecule has 0 amide bonds.